The van der Waals surface area contributed by atoms with E-state index in [0.29, 0.717) is 73.5 Å². The molecule has 2 saturated heterocycles. The van der Waals surface area contributed by atoms with Crippen LogP contribution in [0.2, 0.25) is 0 Å². The van der Waals surface area contributed by atoms with Gasteiger partial charge >= 0.3 is 0 Å². The Labute approximate surface area is 209 Å². The SMILES string of the molecule is COc1ccccc1C(=O)N(Cc1c(-c2ccccc2F)noc1N1CCOCC1)CC1CCCO1. The van der Waals surface area contributed by atoms with E-state index < -0.39 is 5.82 Å². The maximum absolute atomic E-state index is 14.9. The molecular weight excluding hydrogens is 465 g/mol. The molecule has 0 spiro atoms. The zero-order valence-corrected chi connectivity index (χ0v) is 20.3. The number of para-hydroxylation sites is 1. The van der Waals surface area contributed by atoms with E-state index in [9.17, 15) is 9.18 Å². The molecule has 0 bridgehead atoms. The molecule has 8 nitrogen and oxygen atoms in total. The summed E-state index contributed by atoms with van der Waals surface area (Å²) in [6.07, 6.45) is 1.75. The number of morpholine rings is 1. The fourth-order valence-corrected chi connectivity index (χ4v) is 4.76. The topological polar surface area (TPSA) is 77.3 Å². The predicted molar refractivity (Wildman–Crippen MR) is 132 cm³/mol. The van der Waals surface area contributed by atoms with Gasteiger partial charge in [-0.1, -0.05) is 29.4 Å². The number of methoxy groups -OCH3 is 1. The highest BCUT2D eigenvalue weighted by Gasteiger charge is 2.31. The van der Waals surface area contributed by atoms with Gasteiger partial charge in [-0.2, -0.15) is 0 Å². The van der Waals surface area contributed by atoms with Gasteiger partial charge in [0.2, 0.25) is 5.88 Å². The standard InChI is InChI=1S/C27H30FN3O5/c1-33-24-11-5-3-9-21(24)26(32)31(17-19-7-6-14-35-19)18-22-25(20-8-2-4-10-23(20)28)29-36-27(22)30-12-15-34-16-13-30/h2-5,8-11,19H,6-7,12-18H2,1H3. The van der Waals surface area contributed by atoms with Crippen LogP contribution in [0.25, 0.3) is 11.3 Å². The second-order valence-corrected chi connectivity index (χ2v) is 8.92. The first kappa shape index (κ1) is 24.3. The quantitative estimate of drug-likeness (QED) is 0.465. The molecule has 1 unspecified atom stereocenters. The summed E-state index contributed by atoms with van der Waals surface area (Å²) in [7, 11) is 1.54. The Morgan fingerprint density at radius 1 is 1.14 bits per heavy atom. The minimum atomic E-state index is -0.401. The fraction of sp³-hybridized carbons (Fsp3) is 0.407. The van der Waals surface area contributed by atoms with Crippen molar-refractivity contribution in [2.24, 2.45) is 0 Å². The number of amides is 1. The largest absolute Gasteiger partial charge is 0.496 e. The van der Waals surface area contributed by atoms with Crippen molar-refractivity contribution in [2.75, 3.05) is 51.5 Å². The summed E-state index contributed by atoms with van der Waals surface area (Å²) in [5, 5.41) is 4.28. The first-order chi connectivity index (χ1) is 17.7. The van der Waals surface area contributed by atoms with Gasteiger partial charge in [0.25, 0.3) is 5.91 Å². The van der Waals surface area contributed by atoms with Gasteiger partial charge in [-0.25, -0.2) is 4.39 Å². The van der Waals surface area contributed by atoms with Gasteiger partial charge in [0, 0.05) is 31.8 Å². The number of rotatable bonds is 8. The lowest BCUT2D eigenvalue weighted by atomic mass is 10.0. The molecule has 1 atom stereocenters. The van der Waals surface area contributed by atoms with Gasteiger partial charge in [0.05, 0.1) is 44.1 Å². The van der Waals surface area contributed by atoms with Crippen LogP contribution in [0.5, 0.6) is 5.75 Å². The number of hydrogen-bond donors (Lipinski definition) is 0. The third kappa shape index (κ3) is 5.08. The smallest absolute Gasteiger partial charge is 0.258 e. The average Bonchev–Trinajstić information content (AvgIpc) is 3.59. The normalized spacial score (nSPS) is 17.8. The number of aromatic nitrogens is 1. The summed E-state index contributed by atoms with van der Waals surface area (Å²) >= 11 is 0. The molecule has 0 radical (unpaired) electrons. The van der Waals surface area contributed by atoms with Crippen LogP contribution in [0, 0.1) is 5.82 Å². The number of anilines is 1. The van der Waals surface area contributed by atoms with E-state index in [4.69, 9.17) is 18.7 Å². The molecular formula is C27H30FN3O5. The fourth-order valence-electron chi connectivity index (χ4n) is 4.76. The van der Waals surface area contributed by atoms with Crippen molar-refractivity contribution in [1.82, 2.24) is 10.1 Å². The zero-order valence-electron chi connectivity index (χ0n) is 20.3. The molecule has 2 aliphatic rings. The molecule has 5 rings (SSSR count). The van der Waals surface area contributed by atoms with E-state index in [2.05, 4.69) is 5.16 Å². The average molecular weight is 496 g/mol. The van der Waals surface area contributed by atoms with E-state index in [0.717, 1.165) is 12.8 Å². The van der Waals surface area contributed by atoms with E-state index in [1.54, 1.807) is 42.3 Å². The van der Waals surface area contributed by atoms with E-state index in [1.165, 1.54) is 6.07 Å². The Morgan fingerprint density at radius 3 is 2.67 bits per heavy atom. The summed E-state index contributed by atoms with van der Waals surface area (Å²) in [6, 6.07) is 13.6. The zero-order chi connectivity index (χ0) is 24.9. The summed E-state index contributed by atoms with van der Waals surface area (Å²) in [4.78, 5) is 17.6. The third-order valence-electron chi connectivity index (χ3n) is 6.62. The molecule has 3 heterocycles. The van der Waals surface area contributed by atoms with Gasteiger partial charge in [-0.15, -0.1) is 0 Å². The van der Waals surface area contributed by atoms with Gasteiger partial charge in [-0.05, 0) is 37.1 Å². The lowest BCUT2D eigenvalue weighted by Crippen LogP contribution is -2.39. The maximum Gasteiger partial charge on any atom is 0.258 e. The number of nitrogens with zero attached hydrogens (tertiary/aromatic N) is 3. The van der Waals surface area contributed by atoms with E-state index in [1.807, 2.05) is 17.0 Å². The summed E-state index contributed by atoms with van der Waals surface area (Å²) in [5.74, 6) is 0.425. The molecule has 190 valence electrons. The minimum absolute atomic E-state index is 0.0766. The molecule has 2 aliphatic heterocycles. The van der Waals surface area contributed by atoms with Crippen LogP contribution in [0.15, 0.2) is 53.1 Å². The molecule has 3 aromatic rings. The van der Waals surface area contributed by atoms with Gasteiger partial charge in [-0.3, -0.25) is 4.79 Å². The molecule has 2 aromatic carbocycles. The van der Waals surface area contributed by atoms with Crippen LogP contribution in [0.3, 0.4) is 0 Å². The Morgan fingerprint density at radius 2 is 1.92 bits per heavy atom. The summed E-state index contributed by atoms with van der Waals surface area (Å²) in [5.41, 5.74) is 1.83. The van der Waals surface area contributed by atoms with Crippen molar-refractivity contribution in [3.05, 3.63) is 65.5 Å². The van der Waals surface area contributed by atoms with Crippen molar-refractivity contribution < 1.29 is 27.9 Å². The Balaban J connectivity index is 1.55. The number of carbonyl (C=O) groups excluding carboxylic acids is 1. The first-order valence-corrected chi connectivity index (χ1v) is 12.3. The number of hydrogen-bond acceptors (Lipinski definition) is 7. The minimum Gasteiger partial charge on any atom is -0.496 e. The number of halogens is 1. The van der Waals surface area contributed by atoms with Crippen molar-refractivity contribution in [1.29, 1.82) is 0 Å². The monoisotopic (exact) mass is 495 g/mol. The first-order valence-electron chi connectivity index (χ1n) is 12.3. The highest BCUT2D eigenvalue weighted by atomic mass is 19.1. The van der Waals surface area contributed by atoms with Gasteiger partial charge < -0.3 is 28.5 Å². The van der Waals surface area contributed by atoms with E-state index >= 15 is 0 Å². The molecule has 1 aromatic heterocycles. The van der Waals surface area contributed by atoms with Crippen LogP contribution >= 0.6 is 0 Å². The number of benzene rings is 2. The van der Waals surface area contributed by atoms with Crippen LogP contribution in [0.1, 0.15) is 28.8 Å². The lowest BCUT2D eigenvalue weighted by molar-refractivity contribution is 0.0505. The van der Waals surface area contributed by atoms with Gasteiger partial charge in [0.1, 0.15) is 17.3 Å². The maximum atomic E-state index is 14.9. The van der Waals surface area contributed by atoms with Crippen molar-refractivity contribution in [3.8, 4) is 17.0 Å². The van der Waals surface area contributed by atoms with Crippen LogP contribution in [-0.4, -0.2) is 68.6 Å². The number of ether oxygens (including phenoxy) is 3. The molecule has 2 fully saturated rings. The Kier molecular flexibility index (Phi) is 7.48. The highest BCUT2D eigenvalue weighted by Crippen LogP contribution is 2.35. The molecule has 9 heteroatoms. The van der Waals surface area contributed by atoms with Crippen LogP contribution in [-0.2, 0) is 16.0 Å². The van der Waals surface area contributed by atoms with Crippen molar-refractivity contribution >= 4 is 11.8 Å². The van der Waals surface area contributed by atoms with Crippen LogP contribution < -0.4 is 9.64 Å². The molecule has 0 aliphatic carbocycles. The Bertz CT molecular complexity index is 1190. The van der Waals surface area contributed by atoms with Crippen molar-refractivity contribution in [2.45, 2.75) is 25.5 Å². The predicted octanol–water partition coefficient (Wildman–Crippen LogP) is 4.15. The second-order valence-electron chi connectivity index (χ2n) is 8.92. The van der Waals surface area contributed by atoms with E-state index in [-0.39, 0.29) is 18.6 Å². The Hall–Kier alpha value is -3.43. The molecule has 0 saturated carbocycles. The van der Waals surface area contributed by atoms with Crippen LogP contribution in [0.4, 0.5) is 10.3 Å². The summed E-state index contributed by atoms with van der Waals surface area (Å²) < 4.78 is 37.5. The lowest BCUT2D eigenvalue weighted by Gasteiger charge is -2.29. The van der Waals surface area contributed by atoms with Crippen molar-refractivity contribution in [3.63, 3.8) is 0 Å². The number of carbonyl (C=O) groups is 1. The molecule has 0 N–H and O–H groups in total. The highest BCUT2D eigenvalue weighted by molar-refractivity contribution is 5.97. The van der Waals surface area contributed by atoms with Gasteiger partial charge in [0.15, 0.2) is 0 Å². The third-order valence-corrected chi connectivity index (χ3v) is 6.62. The molecule has 1 amide bonds. The molecule has 36 heavy (non-hydrogen) atoms. The second kappa shape index (κ2) is 11.1. The summed E-state index contributed by atoms with van der Waals surface area (Å²) in [6.45, 7) is 3.58.